The van der Waals surface area contributed by atoms with Gasteiger partial charge in [-0.15, -0.1) is 0 Å². The fourth-order valence-electron chi connectivity index (χ4n) is 1.61. The van der Waals surface area contributed by atoms with Crippen LogP contribution in [0.5, 0.6) is 0 Å². The van der Waals surface area contributed by atoms with E-state index in [1.165, 1.54) is 4.31 Å². The van der Waals surface area contributed by atoms with Gasteiger partial charge in [-0.05, 0) is 33.1 Å². The minimum absolute atomic E-state index is 0.161. The first-order valence-electron chi connectivity index (χ1n) is 5.78. The Kier molecular flexibility index (Phi) is 4.55. The molecule has 1 fully saturated rings. The Morgan fingerprint density at radius 2 is 2.12 bits per heavy atom. The van der Waals surface area contributed by atoms with E-state index in [0.717, 1.165) is 6.42 Å². The summed E-state index contributed by atoms with van der Waals surface area (Å²) >= 11 is -1.71. The molecule has 1 rings (SSSR count). The lowest BCUT2D eigenvalue weighted by Crippen LogP contribution is -2.41. The molecule has 1 amide bonds. The van der Waals surface area contributed by atoms with Crippen molar-refractivity contribution in [2.24, 2.45) is 5.92 Å². The van der Waals surface area contributed by atoms with Crippen LogP contribution in [0.4, 0.5) is 4.79 Å². The highest BCUT2D eigenvalue weighted by Crippen LogP contribution is 2.23. The van der Waals surface area contributed by atoms with Gasteiger partial charge in [0.2, 0.25) is 0 Å². The molecule has 100 valence electrons. The van der Waals surface area contributed by atoms with Crippen LogP contribution in [0.3, 0.4) is 0 Å². The fraction of sp³-hybridized carbons (Fsp3) is 0.909. The highest BCUT2D eigenvalue weighted by Gasteiger charge is 2.39. The summed E-state index contributed by atoms with van der Waals surface area (Å²) in [7, 11) is 0. The molecule has 2 atom stereocenters. The molecule has 1 aliphatic rings. The zero-order valence-corrected chi connectivity index (χ0v) is 11.9. The molecule has 0 N–H and O–H groups in total. The summed E-state index contributed by atoms with van der Waals surface area (Å²) in [4.78, 5) is 11.9. The number of amides is 1. The van der Waals surface area contributed by atoms with Crippen molar-refractivity contribution in [1.29, 1.82) is 0 Å². The molecule has 0 spiro atoms. The van der Waals surface area contributed by atoms with Gasteiger partial charge < -0.3 is 4.74 Å². The van der Waals surface area contributed by atoms with Gasteiger partial charge in [-0.25, -0.2) is 9.00 Å². The maximum absolute atomic E-state index is 11.9. The Morgan fingerprint density at radius 1 is 1.53 bits per heavy atom. The van der Waals surface area contributed by atoms with Crippen molar-refractivity contribution in [1.82, 2.24) is 4.31 Å². The topological polar surface area (TPSA) is 55.8 Å². The van der Waals surface area contributed by atoms with Crippen molar-refractivity contribution in [3.8, 4) is 0 Å². The van der Waals surface area contributed by atoms with Crippen molar-refractivity contribution in [2.75, 3.05) is 6.61 Å². The Hall–Kier alpha value is -0.620. The van der Waals surface area contributed by atoms with E-state index in [0.29, 0.717) is 12.5 Å². The van der Waals surface area contributed by atoms with Gasteiger partial charge in [0.1, 0.15) is 5.60 Å². The van der Waals surface area contributed by atoms with E-state index in [9.17, 15) is 9.00 Å². The van der Waals surface area contributed by atoms with Crippen LogP contribution in [0.25, 0.3) is 0 Å². The molecule has 0 radical (unpaired) electrons. The molecule has 1 saturated heterocycles. The second-order valence-electron chi connectivity index (χ2n) is 5.59. The molecular formula is C11H21NO4S. The lowest BCUT2D eigenvalue weighted by Gasteiger charge is -2.26. The van der Waals surface area contributed by atoms with Gasteiger partial charge in [0, 0.05) is 0 Å². The summed E-state index contributed by atoms with van der Waals surface area (Å²) in [6.07, 6.45) is 0.185. The van der Waals surface area contributed by atoms with Crippen LogP contribution in [0.1, 0.15) is 41.0 Å². The van der Waals surface area contributed by atoms with E-state index in [-0.39, 0.29) is 6.04 Å². The van der Waals surface area contributed by atoms with Crippen LogP contribution in [0.15, 0.2) is 0 Å². The van der Waals surface area contributed by atoms with Gasteiger partial charge in [0.05, 0.1) is 12.6 Å². The third kappa shape index (κ3) is 4.27. The number of ether oxygens (including phenoxy) is 1. The molecule has 0 aromatic carbocycles. The highest BCUT2D eigenvalue weighted by molar-refractivity contribution is 7.78. The van der Waals surface area contributed by atoms with Crippen molar-refractivity contribution in [3.05, 3.63) is 0 Å². The molecule has 0 bridgehead atoms. The second-order valence-corrected chi connectivity index (χ2v) is 6.65. The van der Waals surface area contributed by atoms with Crippen LogP contribution < -0.4 is 0 Å². The normalized spacial score (nSPS) is 25.4. The Balaban J connectivity index is 2.71. The van der Waals surface area contributed by atoms with Crippen molar-refractivity contribution in [3.63, 3.8) is 0 Å². The molecule has 5 nitrogen and oxygen atoms in total. The lowest BCUT2D eigenvalue weighted by atomic mass is 10.0. The number of carbonyl (C=O) groups excluding carboxylic acids is 1. The summed E-state index contributed by atoms with van der Waals surface area (Å²) in [6.45, 7) is 9.75. The standard InChI is InChI=1S/C11H21NO4S/c1-8(2)6-9-7-15-17(14)12(9)10(13)16-11(3,4)5/h8-9H,6-7H2,1-5H3/t9-,17?/m0/s1. The molecule has 0 aromatic heterocycles. The number of hydrogen-bond donors (Lipinski definition) is 0. The van der Waals surface area contributed by atoms with E-state index in [1.54, 1.807) is 20.8 Å². The van der Waals surface area contributed by atoms with E-state index in [1.807, 2.05) is 0 Å². The molecule has 0 aromatic rings. The molecule has 1 aliphatic heterocycles. The van der Waals surface area contributed by atoms with Crippen molar-refractivity contribution >= 4 is 17.4 Å². The molecule has 1 unspecified atom stereocenters. The minimum Gasteiger partial charge on any atom is -0.443 e. The predicted octanol–water partition coefficient (Wildman–Crippen LogP) is 2.25. The second kappa shape index (κ2) is 5.35. The predicted molar refractivity (Wildman–Crippen MR) is 65.4 cm³/mol. The Bertz CT molecular complexity index is 311. The molecule has 1 heterocycles. The van der Waals surface area contributed by atoms with Gasteiger partial charge in [-0.2, -0.15) is 4.31 Å². The lowest BCUT2D eigenvalue weighted by molar-refractivity contribution is 0.0352. The SMILES string of the molecule is CC(C)C[C@H]1COS(=O)N1C(=O)OC(C)(C)C. The van der Waals surface area contributed by atoms with Crippen molar-refractivity contribution in [2.45, 2.75) is 52.7 Å². The Labute approximate surface area is 105 Å². The molecular weight excluding hydrogens is 242 g/mol. The minimum atomic E-state index is -1.71. The first kappa shape index (κ1) is 14.4. The van der Waals surface area contributed by atoms with E-state index >= 15 is 0 Å². The maximum Gasteiger partial charge on any atom is 0.424 e. The van der Waals surface area contributed by atoms with Crippen LogP contribution in [0.2, 0.25) is 0 Å². The van der Waals surface area contributed by atoms with Crippen molar-refractivity contribution < 1.29 is 17.9 Å². The maximum atomic E-state index is 11.9. The van der Waals surface area contributed by atoms with Crippen LogP contribution in [-0.4, -0.2) is 32.9 Å². The Morgan fingerprint density at radius 3 is 2.59 bits per heavy atom. The molecule has 0 saturated carbocycles. The number of carbonyl (C=O) groups is 1. The van der Waals surface area contributed by atoms with Gasteiger partial charge in [-0.3, -0.25) is 4.18 Å². The third-order valence-electron chi connectivity index (χ3n) is 2.17. The molecule has 17 heavy (non-hydrogen) atoms. The first-order valence-corrected chi connectivity index (χ1v) is 6.81. The van der Waals surface area contributed by atoms with E-state index in [2.05, 4.69) is 13.8 Å². The van der Waals surface area contributed by atoms with Gasteiger partial charge in [0.15, 0.2) is 0 Å². The molecule has 0 aliphatic carbocycles. The smallest absolute Gasteiger partial charge is 0.424 e. The summed E-state index contributed by atoms with van der Waals surface area (Å²) in [5, 5.41) is 0. The van der Waals surface area contributed by atoms with Gasteiger partial charge >= 0.3 is 6.09 Å². The van der Waals surface area contributed by atoms with E-state index < -0.39 is 23.0 Å². The highest BCUT2D eigenvalue weighted by atomic mass is 32.2. The van der Waals surface area contributed by atoms with E-state index in [4.69, 9.17) is 8.92 Å². The average molecular weight is 263 g/mol. The van der Waals surface area contributed by atoms with Crippen LogP contribution >= 0.6 is 0 Å². The number of rotatable bonds is 2. The summed E-state index contributed by atoms with van der Waals surface area (Å²) in [6, 6.07) is -0.161. The third-order valence-corrected chi connectivity index (χ3v) is 3.28. The summed E-state index contributed by atoms with van der Waals surface area (Å²) < 4.78 is 23.0. The summed E-state index contributed by atoms with van der Waals surface area (Å²) in [5.41, 5.74) is -0.591. The average Bonchev–Trinajstić information content (AvgIpc) is 2.42. The monoisotopic (exact) mass is 263 g/mol. The van der Waals surface area contributed by atoms with Gasteiger partial charge in [0.25, 0.3) is 11.3 Å². The summed E-state index contributed by atoms with van der Waals surface area (Å²) in [5.74, 6) is 0.406. The quantitative estimate of drug-likeness (QED) is 0.766. The zero-order valence-electron chi connectivity index (χ0n) is 11.1. The number of hydrogen-bond acceptors (Lipinski definition) is 4. The van der Waals surface area contributed by atoms with Crippen LogP contribution in [0, 0.1) is 5.92 Å². The van der Waals surface area contributed by atoms with Crippen LogP contribution in [-0.2, 0) is 20.2 Å². The molecule has 6 heteroatoms. The number of nitrogens with zero attached hydrogens (tertiary/aromatic N) is 1. The fourth-order valence-corrected chi connectivity index (χ4v) is 2.54. The zero-order chi connectivity index (χ0) is 13.2. The van der Waals surface area contributed by atoms with Gasteiger partial charge in [-0.1, -0.05) is 13.8 Å². The first-order chi connectivity index (χ1) is 7.70. The largest absolute Gasteiger partial charge is 0.443 e.